The Hall–Kier alpha value is -4.65. The molecule has 57 heavy (non-hydrogen) atoms. The summed E-state index contributed by atoms with van der Waals surface area (Å²) >= 11 is 0. The van der Waals surface area contributed by atoms with Crippen LogP contribution in [0.5, 0.6) is 23.0 Å². The number of ether oxygens (including phenoxy) is 9. The van der Waals surface area contributed by atoms with E-state index in [1.165, 1.54) is 5.56 Å². The highest BCUT2D eigenvalue weighted by atomic mass is 16.6. The molecular weight excluding hydrogens is 727 g/mol. The third-order valence-corrected chi connectivity index (χ3v) is 8.22. The zero-order valence-corrected chi connectivity index (χ0v) is 34.3. The number of benzene rings is 4. The Kier molecular flexibility index (Phi) is 20.2. The minimum absolute atomic E-state index is 0.275. The van der Waals surface area contributed by atoms with Crippen LogP contribution in [0.4, 0.5) is 0 Å². The predicted octanol–water partition coefficient (Wildman–Crippen LogP) is 7.78. The molecule has 11 heteroatoms. The summed E-state index contributed by atoms with van der Waals surface area (Å²) in [5, 5.41) is 3.46. The molecule has 1 heterocycles. The van der Waals surface area contributed by atoms with E-state index in [4.69, 9.17) is 42.6 Å². The zero-order valence-electron chi connectivity index (χ0n) is 34.3. The first-order valence-electron chi connectivity index (χ1n) is 19.7. The zero-order chi connectivity index (χ0) is 40.6. The molecule has 0 radical (unpaired) electrons. The van der Waals surface area contributed by atoms with E-state index in [9.17, 15) is 4.79 Å². The molecule has 5 rings (SSSR count). The summed E-state index contributed by atoms with van der Waals surface area (Å²) in [5.74, 6) is 2.46. The Bertz CT molecular complexity index is 1580. The molecule has 4 aromatic carbocycles. The summed E-state index contributed by atoms with van der Waals surface area (Å²) in [6.07, 6.45) is 0. The molecule has 0 aromatic heterocycles. The fourth-order valence-corrected chi connectivity index (χ4v) is 5.52. The molecule has 1 aliphatic heterocycles. The monoisotopic (exact) mass is 787 g/mol. The van der Waals surface area contributed by atoms with Crippen LogP contribution in [0.15, 0.2) is 91.0 Å². The van der Waals surface area contributed by atoms with Gasteiger partial charge in [-0.15, -0.1) is 0 Å². The molecule has 0 atom stereocenters. The molecule has 0 saturated heterocycles. The molecule has 0 bridgehead atoms. The van der Waals surface area contributed by atoms with Crippen LogP contribution in [0.2, 0.25) is 0 Å². The number of esters is 1. The number of rotatable bonds is 6. The summed E-state index contributed by atoms with van der Waals surface area (Å²) in [5.41, 5.74) is 5.26. The van der Waals surface area contributed by atoms with E-state index >= 15 is 0 Å². The lowest BCUT2D eigenvalue weighted by molar-refractivity contribution is 0.0223. The van der Waals surface area contributed by atoms with E-state index < -0.39 is 0 Å². The Morgan fingerprint density at radius 3 is 1.30 bits per heavy atom. The molecule has 0 amide bonds. The van der Waals surface area contributed by atoms with Crippen LogP contribution in [0.3, 0.4) is 0 Å². The molecule has 0 spiro atoms. The number of hydrogen-bond acceptors (Lipinski definition) is 11. The normalized spacial score (nSPS) is 15.2. The molecule has 4 aromatic rings. The minimum Gasteiger partial charge on any atom is -0.487 e. The number of para-hydroxylation sites is 4. The van der Waals surface area contributed by atoms with Gasteiger partial charge in [-0.05, 0) is 66.8 Å². The van der Waals surface area contributed by atoms with Gasteiger partial charge in [-0.2, -0.15) is 0 Å². The van der Waals surface area contributed by atoms with Gasteiger partial charge in [-0.3, -0.25) is 0 Å². The van der Waals surface area contributed by atoms with Crippen LogP contribution in [-0.4, -0.2) is 91.8 Å². The summed E-state index contributed by atoms with van der Waals surface area (Å²) in [6, 6.07) is 29.1. The van der Waals surface area contributed by atoms with Crippen LogP contribution >= 0.6 is 0 Å². The van der Waals surface area contributed by atoms with Gasteiger partial charge >= 0.3 is 5.97 Å². The van der Waals surface area contributed by atoms with Crippen molar-refractivity contribution in [1.29, 1.82) is 0 Å². The molecule has 1 aliphatic rings. The number of carbonyl (C=O) groups excluding carboxylic acids is 1. The maximum absolute atomic E-state index is 12.2. The van der Waals surface area contributed by atoms with Gasteiger partial charge in [0.1, 0.15) is 33.0 Å². The molecular formula is C46H61NO10. The van der Waals surface area contributed by atoms with Gasteiger partial charge in [0.05, 0.1) is 58.4 Å². The molecule has 1 N–H and O–H groups in total. The van der Waals surface area contributed by atoms with Crippen molar-refractivity contribution in [1.82, 2.24) is 5.32 Å². The summed E-state index contributed by atoms with van der Waals surface area (Å²) in [7, 11) is 0. The van der Waals surface area contributed by atoms with Crippen LogP contribution in [0.1, 0.15) is 53.4 Å². The Balaban J connectivity index is 0.000000261. The highest BCUT2D eigenvalue weighted by Crippen LogP contribution is 2.27. The van der Waals surface area contributed by atoms with Crippen molar-refractivity contribution in [2.75, 3.05) is 85.8 Å². The van der Waals surface area contributed by atoms with Gasteiger partial charge in [-0.1, -0.05) is 86.5 Å². The van der Waals surface area contributed by atoms with Gasteiger partial charge in [0.2, 0.25) is 0 Å². The largest absolute Gasteiger partial charge is 0.487 e. The molecule has 0 fully saturated rings. The van der Waals surface area contributed by atoms with Gasteiger partial charge < -0.3 is 47.9 Å². The van der Waals surface area contributed by atoms with E-state index in [0.717, 1.165) is 29.8 Å². The third-order valence-electron chi connectivity index (χ3n) is 8.22. The fraction of sp³-hybridized carbons (Fsp3) is 0.457. The van der Waals surface area contributed by atoms with Gasteiger partial charge in [0.15, 0.2) is 23.0 Å². The van der Waals surface area contributed by atoms with Crippen molar-refractivity contribution >= 4 is 5.97 Å². The lowest BCUT2D eigenvalue weighted by atomic mass is 9.97. The lowest BCUT2D eigenvalue weighted by Gasteiger charge is -2.18. The second kappa shape index (κ2) is 25.6. The molecule has 11 nitrogen and oxygen atoms in total. The number of hydrogen-bond donors (Lipinski definition) is 1. The Labute approximate surface area is 338 Å². The number of fused-ring (bicyclic) bond motifs is 2. The first-order chi connectivity index (χ1) is 27.7. The average Bonchev–Trinajstić information content (AvgIpc) is 3.19. The van der Waals surface area contributed by atoms with E-state index in [-0.39, 0.29) is 11.4 Å². The van der Waals surface area contributed by atoms with Gasteiger partial charge in [0.25, 0.3) is 0 Å². The molecule has 310 valence electrons. The fourth-order valence-electron chi connectivity index (χ4n) is 5.52. The minimum atomic E-state index is -0.275. The lowest BCUT2D eigenvalue weighted by Crippen LogP contribution is -2.26. The maximum Gasteiger partial charge on any atom is 0.338 e. The number of nitrogens with one attached hydrogen (secondary N) is 1. The summed E-state index contributed by atoms with van der Waals surface area (Å²) in [4.78, 5) is 12.2. The Morgan fingerprint density at radius 2 is 0.912 bits per heavy atom. The van der Waals surface area contributed by atoms with Crippen molar-refractivity contribution in [3.05, 3.63) is 119 Å². The topological polar surface area (TPSA) is 112 Å². The average molecular weight is 788 g/mol. The molecule has 0 aliphatic carbocycles. The first-order valence-corrected chi connectivity index (χ1v) is 19.7. The maximum atomic E-state index is 12.2. The van der Waals surface area contributed by atoms with Crippen molar-refractivity contribution < 1.29 is 47.4 Å². The molecule has 0 unspecified atom stereocenters. The van der Waals surface area contributed by atoms with Crippen molar-refractivity contribution in [3.63, 3.8) is 0 Å². The molecule has 0 saturated carbocycles. The van der Waals surface area contributed by atoms with E-state index in [1.54, 1.807) is 0 Å². The Morgan fingerprint density at radius 1 is 0.544 bits per heavy atom. The van der Waals surface area contributed by atoms with Crippen molar-refractivity contribution in [3.8, 4) is 23.0 Å². The summed E-state index contributed by atoms with van der Waals surface area (Å²) < 4.78 is 50.8. The quantitative estimate of drug-likeness (QED) is 0.194. The van der Waals surface area contributed by atoms with E-state index in [2.05, 4.69) is 38.2 Å². The van der Waals surface area contributed by atoms with Crippen molar-refractivity contribution in [2.24, 2.45) is 5.41 Å². The van der Waals surface area contributed by atoms with E-state index in [1.807, 2.05) is 92.7 Å². The van der Waals surface area contributed by atoms with Crippen LogP contribution in [0.25, 0.3) is 0 Å². The van der Waals surface area contributed by atoms with Gasteiger partial charge in [-0.25, -0.2) is 4.79 Å². The second-order valence-corrected chi connectivity index (χ2v) is 14.7. The number of aryl methyl sites for hydroxylation is 2. The smallest absolute Gasteiger partial charge is 0.338 e. The predicted molar refractivity (Wildman–Crippen MR) is 221 cm³/mol. The highest BCUT2D eigenvalue weighted by molar-refractivity contribution is 5.89. The standard InChI is InChI=1S/C24H32O8.C22H29NO2/c1-2-6-22-21(5-1)29-17-13-25-9-10-27-15-19-31-23-7-3-4-8-24(23)32-20-16-28-12-11-26-14-18-30-22;1-16-10-17(2)12-20(11-16)21(24)25-14-19-8-6-18(7-9-19)13-23-15-22(3,4)5/h1-8H,9-20H2;6-12,23H,13-15H2,1-5H3. The first kappa shape index (κ1) is 45.1. The van der Waals surface area contributed by atoms with Crippen molar-refractivity contribution in [2.45, 2.75) is 47.8 Å². The van der Waals surface area contributed by atoms with Gasteiger partial charge in [0, 0.05) is 13.1 Å². The SMILES string of the molecule is Cc1cc(C)cc(C(=O)OCc2ccc(CNCC(C)(C)C)cc2)c1.c1ccc2c(c1)OCCOCCOCCOc1ccccc1OCCOCCOCCO2. The number of carbonyl (C=O) groups is 1. The van der Waals surface area contributed by atoms with Crippen LogP contribution in [0, 0.1) is 19.3 Å². The third kappa shape index (κ3) is 18.9. The van der Waals surface area contributed by atoms with E-state index in [0.29, 0.717) is 114 Å². The van der Waals surface area contributed by atoms with Crippen LogP contribution in [-0.2, 0) is 36.8 Å². The highest BCUT2D eigenvalue weighted by Gasteiger charge is 2.11. The second-order valence-electron chi connectivity index (χ2n) is 14.7. The summed E-state index contributed by atoms with van der Waals surface area (Å²) in [6.45, 7) is 18.2. The van der Waals surface area contributed by atoms with Crippen LogP contribution < -0.4 is 24.3 Å².